The van der Waals surface area contributed by atoms with Crippen LogP contribution in [0.4, 0.5) is 0 Å². The Balaban J connectivity index is 1.80. The van der Waals surface area contributed by atoms with Gasteiger partial charge in [-0.1, -0.05) is 18.2 Å². The number of nitrogens with one attached hydrogen (secondary N) is 1. The fraction of sp³-hybridized carbons (Fsp3) is 0.357. The van der Waals surface area contributed by atoms with E-state index in [4.69, 9.17) is 0 Å². The highest BCUT2D eigenvalue weighted by Gasteiger charge is 2.10. The molecule has 17 heavy (non-hydrogen) atoms. The van der Waals surface area contributed by atoms with E-state index in [1.807, 2.05) is 12.3 Å². The maximum absolute atomic E-state index is 4.50. The summed E-state index contributed by atoms with van der Waals surface area (Å²) >= 11 is 0. The second-order valence-corrected chi connectivity index (χ2v) is 4.56. The molecule has 2 aromatic rings. The maximum Gasteiger partial charge on any atom is 0.0702 e. The lowest BCUT2D eigenvalue weighted by Crippen LogP contribution is -2.42. The number of piperazine rings is 1. The molecule has 88 valence electrons. The quantitative estimate of drug-likeness (QED) is 0.845. The molecule has 1 aromatic carbocycles. The summed E-state index contributed by atoms with van der Waals surface area (Å²) in [5, 5.41) is 4.61. The van der Waals surface area contributed by atoms with Gasteiger partial charge in [0, 0.05) is 44.3 Å². The number of para-hydroxylation sites is 1. The molecule has 0 radical (unpaired) electrons. The van der Waals surface area contributed by atoms with E-state index >= 15 is 0 Å². The van der Waals surface area contributed by atoms with Crippen LogP contribution in [0.1, 0.15) is 5.56 Å². The van der Waals surface area contributed by atoms with Crippen LogP contribution >= 0.6 is 0 Å². The monoisotopic (exact) mass is 227 g/mol. The standard InChI is InChI=1S/C14H17N3/c1-2-4-14-13(3-1)9-12(10-16-14)11-17-7-5-15-6-8-17/h1-4,9-10,15H,5-8,11H2. The third-order valence-corrected chi connectivity index (χ3v) is 3.26. The summed E-state index contributed by atoms with van der Waals surface area (Å²) in [5.74, 6) is 0. The summed E-state index contributed by atoms with van der Waals surface area (Å²) in [6.45, 7) is 5.47. The van der Waals surface area contributed by atoms with E-state index in [1.54, 1.807) is 0 Å². The Morgan fingerprint density at radius 1 is 1.18 bits per heavy atom. The Morgan fingerprint density at radius 2 is 2.00 bits per heavy atom. The lowest BCUT2D eigenvalue weighted by molar-refractivity contribution is 0.233. The van der Waals surface area contributed by atoms with Crippen molar-refractivity contribution in [3.63, 3.8) is 0 Å². The van der Waals surface area contributed by atoms with Crippen LogP contribution in [0.2, 0.25) is 0 Å². The van der Waals surface area contributed by atoms with Crippen molar-refractivity contribution in [1.29, 1.82) is 0 Å². The van der Waals surface area contributed by atoms with Gasteiger partial charge in [0.2, 0.25) is 0 Å². The molecule has 1 aliphatic rings. The van der Waals surface area contributed by atoms with E-state index in [0.717, 1.165) is 38.2 Å². The van der Waals surface area contributed by atoms with Crippen molar-refractivity contribution in [2.45, 2.75) is 6.54 Å². The van der Waals surface area contributed by atoms with Gasteiger partial charge >= 0.3 is 0 Å². The van der Waals surface area contributed by atoms with Gasteiger partial charge in [-0.05, 0) is 17.7 Å². The molecule has 1 aliphatic heterocycles. The highest BCUT2D eigenvalue weighted by atomic mass is 15.2. The molecule has 1 fully saturated rings. The van der Waals surface area contributed by atoms with Crippen molar-refractivity contribution in [3.8, 4) is 0 Å². The molecule has 2 heterocycles. The molecule has 1 aromatic heterocycles. The van der Waals surface area contributed by atoms with Crippen LogP contribution in [0.3, 0.4) is 0 Å². The Hall–Kier alpha value is -1.45. The van der Waals surface area contributed by atoms with Gasteiger partial charge in [-0.3, -0.25) is 9.88 Å². The molecular formula is C14H17N3. The molecule has 0 saturated carbocycles. The number of benzene rings is 1. The summed E-state index contributed by atoms with van der Waals surface area (Å²) in [5.41, 5.74) is 2.39. The fourth-order valence-electron chi connectivity index (χ4n) is 2.33. The molecule has 0 aliphatic carbocycles. The van der Waals surface area contributed by atoms with E-state index in [9.17, 15) is 0 Å². The lowest BCUT2D eigenvalue weighted by atomic mass is 10.1. The van der Waals surface area contributed by atoms with Crippen molar-refractivity contribution in [2.75, 3.05) is 26.2 Å². The largest absolute Gasteiger partial charge is 0.314 e. The average molecular weight is 227 g/mol. The third kappa shape index (κ3) is 2.46. The average Bonchev–Trinajstić information content (AvgIpc) is 2.40. The molecule has 0 amide bonds. The molecule has 1 saturated heterocycles. The van der Waals surface area contributed by atoms with Crippen LogP contribution in [0, 0.1) is 0 Å². The van der Waals surface area contributed by atoms with Crippen LogP contribution in [-0.2, 0) is 6.54 Å². The number of hydrogen-bond donors (Lipinski definition) is 1. The van der Waals surface area contributed by atoms with Crippen molar-refractivity contribution in [2.24, 2.45) is 0 Å². The van der Waals surface area contributed by atoms with Gasteiger partial charge in [0.1, 0.15) is 0 Å². The molecule has 3 rings (SSSR count). The number of pyridine rings is 1. The van der Waals surface area contributed by atoms with Gasteiger partial charge in [-0.2, -0.15) is 0 Å². The summed E-state index contributed by atoms with van der Waals surface area (Å²) < 4.78 is 0. The zero-order valence-electron chi connectivity index (χ0n) is 9.89. The van der Waals surface area contributed by atoms with E-state index in [0.29, 0.717) is 0 Å². The van der Waals surface area contributed by atoms with E-state index in [1.165, 1.54) is 10.9 Å². The minimum absolute atomic E-state index is 1.01. The summed E-state index contributed by atoms with van der Waals surface area (Å²) in [7, 11) is 0. The highest BCUT2D eigenvalue weighted by molar-refractivity contribution is 5.78. The number of nitrogens with zero attached hydrogens (tertiary/aromatic N) is 2. The molecular weight excluding hydrogens is 210 g/mol. The van der Waals surface area contributed by atoms with Gasteiger partial charge in [0.25, 0.3) is 0 Å². The highest BCUT2D eigenvalue weighted by Crippen LogP contribution is 2.14. The number of rotatable bonds is 2. The molecule has 0 atom stereocenters. The Kier molecular flexibility index (Phi) is 3.03. The molecule has 3 nitrogen and oxygen atoms in total. The van der Waals surface area contributed by atoms with Gasteiger partial charge in [-0.15, -0.1) is 0 Å². The predicted octanol–water partition coefficient (Wildman–Crippen LogP) is 1.64. The van der Waals surface area contributed by atoms with Crippen LogP contribution in [0.5, 0.6) is 0 Å². The van der Waals surface area contributed by atoms with Crippen molar-refractivity contribution in [1.82, 2.24) is 15.2 Å². The summed E-state index contributed by atoms with van der Waals surface area (Å²) in [4.78, 5) is 6.98. The molecule has 1 N–H and O–H groups in total. The van der Waals surface area contributed by atoms with Gasteiger partial charge < -0.3 is 5.32 Å². The number of aromatic nitrogens is 1. The minimum Gasteiger partial charge on any atom is -0.314 e. The van der Waals surface area contributed by atoms with Gasteiger partial charge in [0.05, 0.1) is 5.52 Å². The first kappa shape index (κ1) is 10.7. The summed E-state index contributed by atoms with van der Waals surface area (Å²) in [6.07, 6.45) is 2.00. The van der Waals surface area contributed by atoms with E-state index in [2.05, 4.69) is 39.5 Å². The zero-order chi connectivity index (χ0) is 11.5. The summed E-state index contributed by atoms with van der Waals surface area (Å²) in [6, 6.07) is 10.5. The molecule has 3 heteroatoms. The van der Waals surface area contributed by atoms with E-state index in [-0.39, 0.29) is 0 Å². The molecule has 0 spiro atoms. The van der Waals surface area contributed by atoms with Crippen molar-refractivity contribution < 1.29 is 0 Å². The van der Waals surface area contributed by atoms with Crippen LogP contribution in [0.15, 0.2) is 36.5 Å². The predicted molar refractivity (Wildman–Crippen MR) is 69.9 cm³/mol. The maximum atomic E-state index is 4.50. The molecule has 0 unspecified atom stereocenters. The van der Waals surface area contributed by atoms with Crippen LogP contribution < -0.4 is 5.32 Å². The Labute approximate surface area is 101 Å². The first-order valence-corrected chi connectivity index (χ1v) is 6.18. The Morgan fingerprint density at radius 3 is 2.88 bits per heavy atom. The third-order valence-electron chi connectivity index (χ3n) is 3.26. The number of hydrogen-bond acceptors (Lipinski definition) is 3. The van der Waals surface area contributed by atoms with E-state index < -0.39 is 0 Å². The first-order chi connectivity index (χ1) is 8.42. The Bertz CT molecular complexity index is 504. The van der Waals surface area contributed by atoms with Crippen molar-refractivity contribution >= 4 is 10.9 Å². The normalized spacial score (nSPS) is 17.4. The van der Waals surface area contributed by atoms with Gasteiger partial charge in [-0.25, -0.2) is 0 Å². The second kappa shape index (κ2) is 4.82. The molecule has 0 bridgehead atoms. The number of fused-ring (bicyclic) bond motifs is 1. The fourth-order valence-corrected chi connectivity index (χ4v) is 2.33. The van der Waals surface area contributed by atoms with Crippen molar-refractivity contribution in [3.05, 3.63) is 42.1 Å². The SMILES string of the molecule is c1ccc2ncc(CN3CCNCC3)cc2c1. The first-order valence-electron chi connectivity index (χ1n) is 6.18. The van der Waals surface area contributed by atoms with Crippen LogP contribution in [-0.4, -0.2) is 36.1 Å². The smallest absolute Gasteiger partial charge is 0.0702 e. The van der Waals surface area contributed by atoms with Gasteiger partial charge in [0.15, 0.2) is 0 Å². The minimum atomic E-state index is 1.01. The second-order valence-electron chi connectivity index (χ2n) is 4.56. The lowest BCUT2D eigenvalue weighted by Gasteiger charge is -2.27. The topological polar surface area (TPSA) is 28.2 Å². The zero-order valence-corrected chi connectivity index (χ0v) is 9.89. The van der Waals surface area contributed by atoms with Crippen LogP contribution in [0.25, 0.3) is 10.9 Å².